The van der Waals surface area contributed by atoms with Crippen LogP contribution in [0.5, 0.6) is 0 Å². The van der Waals surface area contributed by atoms with E-state index in [9.17, 15) is 10.4 Å². The lowest BCUT2D eigenvalue weighted by Gasteiger charge is -2.52. The molecule has 0 bridgehead atoms. The molecular weight excluding hydrogens is 312 g/mol. The normalized spacial score (nSPS) is 26.9. The van der Waals surface area contributed by atoms with Crippen LogP contribution in [0.15, 0.2) is 0 Å². The summed E-state index contributed by atoms with van der Waals surface area (Å²) in [5.74, 6) is 0. The second-order valence-corrected chi connectivity index (χ2v) is 8.57. The average Bonchev–Trinajstić information content (AvgIpc) is 2.58. The summed E-state index contributed by atoms with van der Waals surface area (Å²) in [6.45, 7) is 5.00. The molecule has 0 aromatic rings. The zero-order chi connectivity index (χ0) is 18.4. The van der Waals surface area contributed by atoms with Crippen molar-refractivity contribution in [2.24, 2.45) is 0 Å². The van der Waals surface area contributed by atoms with Gasteiger partial charge in [0.15, 0.2) is 0 Å². The zero-order valence-corrected chi connectivity index (χ0v) is 17.1. The molecular formula is C21H44N2O2. The van der Waals surface area contributed by atoms with E-state index in [1.807, 2.05) is 0 Å². The van der Waals surface area contributed by atoms with Crippen LogP contribution in [-0.2, 0) is 0 Å². The fourth-order valence-corrected chi connectivity index (χ4v) is 3.83. The Morgan fingerprint density at radius 1 is 0.560 bits per heavy atom. The topological polar surface area (TPSA) is 46.1 Å². The summed E-state index contributed by atoms with van der Waals surface area (Å²) in [6, 6.07) is 0. The number of quaternary nitrogens is 2. The minimum atomic E-state index is -0.221. The van der Waals surface area contributed by atoms with Crippen molar-refractivity contribution in [2.45, 2.75) is 96.8 Å². The van der Waals surface area contributed by atoms with Crippen LogP contribution < -0.4 is 0 Å². The van der Waals surface area contributed by atoms with Gasteiger partial charge >= 0.3 is 0 Å². The summed E-state index contributed by atoms with van der Waals surface area (Å²) in [7, 11) is 1.69. The van der Waals surface area contributed by atoms with Gasteiger partial charge in [0.25, 0.3) is 0 Å². The number of likely N-dealkylation sites (N-methyl/N-ethyl adjacent to an activating group) is 1. The second kappa shape index (κ2) is 13.1. The summed E-state index contributed by atoms with van der Waals surface area (Å²) in [5, 5.41) is 24.3. The average molecular weight is 357 g/mol. The minimum absolute atomic E-state index is 0.117. The van der Waals surface area contributed by atoms with Gasteiger partial charge in [-0.2, -0.15) is 0 Å². The first-order chi connectivity index (χ1) is 12.0. The molecule has 0 unspecified atom stereocenters. The highest BCUT2D eigenvalue weighted by Crippen LogP contribution is 2.18. The van der Waals surface area contributed by atoms with Gasteiger partial charge in [-0.1, -0.05) is 84.0 Å². The van der Waals surface area contributed by atoms with Crippen molar-refractivity contribution in [1.82, 2.24) is 0 Å². The van der Waals surface area contributed by atoms with Gasteiger partial charge in [0, 0.05) is 0 Å². The third-order valence-electron chi connectivity index (χ3n) is 5.88. The first-order valence-corrected chi connectivity index (χ1v) is 11.1. The molecule has 4 nitrogen and oxygen atoms in total. The number of hydrogen-bond acceptors (Lipinski definition) is 2. The Labute approximate surface area is 156 Å². The molecule has 0 atom stereocenters. The molecule has 0 spiro atoms. The van der Waals surface area contributed by atoms with Crippen LogP contribution in [0, 0.1) is 10.4 Å². The van der Waals surface area contributed by atoms with Crippen LogP contribution in [-0.4, -0.2) is 49.1 Å². The highest BCUT2D eigenvalue weighted by Gasteiger charge is 2.28. The summed E-state index contributed by atoms with van der Waals surface area (Å²) in [4.78, 5) is 0. The molecule has 0 aromatic heterocycles. The van der Waals surface area contributed by atoms with Gasteiger partial charge in [0.05, 0.1) is 13.6 Å². The predicted octanol–water partition coefficient (Wildman–Crippen LogP) is 5.74. The van der Waals surface area contributed by atoms with Gasteiger partial charge in [0.2, 0.25) is 0 Å². The van der Waals surface area contributed by atoms with E-state index in [1.165, 1.54) is 83.5 Å². The number of hydroxylamine groups is 6. The second-order valence-electron chi connectivity index (χ2n) is 8.57. The molecule has 1 heterocycles. The summed E-state index contributed by atoms with van der Waals surface area (Å²) in [5.41, 5.74) is 0. The number of unbranched alkanes of at least 4 members (excludes halogenated alkanes) is 13. The van der Waals surface area contributed by atoms with E-state index in [-0.39, 0.29) is 9.29 Å². The van der Waals surface area contributed by atoms with E-state index in [2.05, 4.69) is 6.92 Å². The van der Waals surface area contributed by atoms with Crippen molar-refractivity contribution in [2.75, 3.05) is 39.8 Å². The molecule has 0 amide bonds. The molecule has 1 aliphatic heterocycles. The minimum Gasteiger partial charge on any atom is -0.633 e. The molecule has 0 aromatic carbocycles. The highest BCUT2D eigenvalue weighted by molar-refractivity contribution is 4.55. The largest absolute Gasteiger partial charge is 0.633 e. The molecule has 0 aliphatic carbocycles. The summed E-state index contributed by atoms with van der Waals surface area (Å²) < 4.78 is -0.338. The highest BCUT2D eigenvalue weighted by atomic mass is 16.6. The third-order valence-corrected chi connectivity index (χ3v) is 5.88. The zero-order valence-electron chi connectivity index (χ0n) is 17.1. The molecule has 0 saturated carbocycles. The van der Waals surface area contributed by atoms with Crippen LogP contribution in [0.4, 0.5) is 0 Å². The van der Waals surface area contributed by atoms with Crippen LogP contribution in [0.2, 0.25) is 0 Å². The van der Waals surface area contributed by atoms with Crippen LogP contribution in [0.3, 0.4) is 0 Å². The lowest BCUT2D eigenvalue weighted by Crippen LogP contribution is -2.61. The number of piperazine rings is 1. The van der Waals surface area contributed by atoms with Gasteiger partial charge in [-0.05, 0) is 12.8 Å². The molecule has 150 valence electrons. The Balaban J connectivity index is 1.82. The van der Waals surface area contributed by atoms with Gasteiger partial charge in [-0.15, -0.1) is 0 Å². The Bertz CT molecular complexity index is 311. The lowest BCUT2D eigenvalue weighted by atomic mass is 10.0. The molecule has 0 N–H and O–H groups in total. The van der Waals surface area contributed by atoms with Crippen molar-refractivity contribution < 1.29 is 9.29 Å². The van der Waals surface area contributed by atoms with Crippen molar-refractivity contribution in [1.29, 1.82) is 0 Å². The monoisotopic (exact) mass is 356 g/mol. The fourth-order valence-electron chi connectivity index (χ4n) is 3.83. The van der Waals surface area contributed by atoms with Crippen molar-refractivity contribution in [3.63, 3.8) is 0 Å². The van der Waals surface area contributed by atoms with Crippen molar-refractivity contribution >= 4 is 0 Å². The number of hydrogen-bond donors (Lipinski definition) is 0. The van der Waals surface area contributed by atoms with E-state index in [4.69, 9.17) is 0 Å². The van der Waals surface area contributed by atoms with Gasteiger partial charge < -0.3 is 19.7 Å². The molecule has 1 saturated heterocycles. The first-order valence-electron chi connectivity index (χ1n) is 11.1. The smallest absolute Gasteiger partial charge is 0.129 e. The Kier molecular flexibility index (Phi) is 12.0. The van der Waals surface area contributed by atoms with Crippen LogP contribution >= 0.6 is 0 Å². The van der Waals surface area contributed by atoms with Crippen molar-refractivity contribution in [3.05, 3.63) is 10.4 Å². The predicted molar refractivity (Wildman–Crippen MR) is 108 cm³/mol. The Hall–Kier alpha value is -0.160. The first kappa shape index (κ1) is 22.9. The van der Waals surface area contributed by atoms with Gasteiger partial charge in [-0.3, -0.25) is 0 Å². The Morgan fingerprint density at radius 3 is 1.32 bits per heavy atom. The van der Waals surface area contributed by atoms with Crippen molar-refractivity contribution in [3.8, 4) is 0 Å². The molecule has 1 rings (SSSR count). The van der Waals surface area contributed by atoms with E-state index in [1.54, 1.807) is 7.05 Å². The number of nitrogens with zero attached hydrogens (tertiary/aromatic N) is 2. The maximum atomic E-state index is 12.5. The number of rotatable bonds is 15. The van der Waals surface area contributed by atoms with E-state index >= 15 is 0 Å². The van der Waals surface area contributed by atoms with Gasteiger partial charge in [-0.25, -0.2) is 0 Å². The van der Waals surface area contributed by atoms with Crippen LogP contribution in [0.25, 0.3) is 0 Å². The quantitative estimate of drug-likeness (QED) is 0.213. The Morgan fingerprint density at radius 2 is 0.920 bits per heavy atom. The molecule has 25 heavy (non-hydrogen) atoms. The van der Waals surface area contributed by atoms with E-state index in [0.717, 1.165) is 13.0 Å². The fraction of sp³-hybridized carbons (Fsp3) is 1.00. The van der Waals surface area contributed by atoms with E-state index in [0.29, 0.717) is 26.2 Å². The standard InChI is InChI=1S/C21H44N2O2/c1-3-4-5-6-7-8-9-10-11-12-13-14-15-16-17-23(25)20-18-22(2,24)19-21-23/h3-21H2,1-2H3. The summed E-state index contributed by atoms with van der Waals surface area (Å²) in [6.07, 6.45) is 18.8. The summed E-state index contributed by atoms with van der Waals surface area (Å²) >= 11 is 0. The molecule has 0 radical (unpaired) electrons. The maximum Gasteiger partial charge on any atom is 0.129 e. The van der Waals surface area contributed by atoms with Crippen LogP contribution in [0.1, 0.15) is 96.8 Å². The molecule has 1 aliphatic rings. The lowest BCUT2D eigenvalue weighted by molar-refractivity contribution is -0.981. The SMILES string of the molecule is CCCCCCCCCCCCCCCC[N+]1([O-])CC[N+](C)([O-])CC1. The van der Waals surface area contributed by atoms with Gasteiger partial charge in [0.1, 0.15) is 26.2 Å². The molecule has 1 fully saturated rings. The molecule has 4 heteroatoms. The van der Waals surface area contributed by atoms with E-state index < -0.39 is 0 Å². The third kappa shape index (κ3) is 12.0. The maximum absolute atomic E-state index is 12.5.